The molecule has 1 aromatic carbocycles. The van der Waals surface area contributed by atoms with Crippen LogP contribution in [-0.4, -0.2) is 16.9 Å². The molecule has 0 aliphatic heterocycles. The molecule has 1 heterocycles. The number of carbonyl (C=O) groups excluding carboxylic acids is 1. The van der Waals surface area contributed by atoms with Gasteiger partial charge < -0.3 is 9.47 Å². The maximum Gasteiger partial charge on any atom is 0.394 e. The summed E-state index contributed by atoms with van der Waals surface area (Å²) in [6.45, 7) is 5.12. The zero-order valence-electron chi connectivity index (χ0n) is 15.9. The van der Waals surface area contributed by atoms with Gasteiger partial charge in [-0.3, -0.25) is 9.78 Å². The number of ether oxygens (including phenoxy) is 2. The van der Waals surface area contributed by atoms with Crippen molar-refractivity contribution in [2.24, 2.45) is 5.92 Å². The van der Waals surface area contributed by atoms with Gasteiger partial charge in [0.2, 0.25) is 0 Å². The smallest absolute Gasteiger partial charge is 0.394 e. The molecule has 0 amide bonds. The van der Waals surface area contributed by atoms with Gasteiger partial charge in [-0.15, -0.1) is 0 Å². The Balaban J connectivity index is 1.90. The maximum atomic E-state index is 12.9. The Bertz CT molecular complexity index is 742. The van der Waals surface area contributed by atoms with E-state index in [1.165, 1.54) is 12.1 Å². The molecule has 1 aromatic heterocycles. The Kier molecular flexibility index (Phi) is 7.28. The van der Waals surface area contributed by atoms with Crippen LogP contribution in [0.1, 0.15) is 56.1 Å². The minimum absolute atomic E-state index is 0.0281. The van der Waals surface area contributed by atoms with Gasteiger partial charge in [-0.2, -0.15) is 8.78 Å². The highest BCUT2D eigenvalue weighted by molar-refractivity contribution is 5.94. The van der Waals surface area contributed by atoms with Gasteiger partial charge in [0.25, 0.3) is 0 Å². The molecule has 0 aliphatic carbocycles. The normalized spacial score (nSPS) is 12.5. The Morgan fingerprint density at radius 1 is 1.22 bits per heavy atom. The summed E-state index contributed by atoms with van der Waals surface area (Å²) in [5, 5.41) is 0. The second-order valence-corrected chi connectivity index (χ2v) is 6.70. The van der Waals surface area contributed by atoms with Crippen LogP contribution in [-0.2, 0) is 6.61 Å². The van der Waals surface area contributed by atoms with Crippen molar-refractivity contribution in [3.05, 3.63) is 53.9 Å². The number of benzene rings is 1. The second-order valence-electron chi connectivity index (χ2n) is 6.70. The molecule has 0 fully saturated rings. The van der Waals surface area contributed by atoms with Crippen molar-refractivity contribution in [1.82, 2.24) is 4.98 Å². The molecule has 0 saturated carbocycles. The summed E-state index contributed by atoms with van der Waals surface area (Å²) in [5.41, 5.74) is 1.23. The van der Waals surface area contributed by atoms with Crippen molar-refractivity contribution in [3.8, 4) is 11.5 Å². The molecule has 4 nitrogen and oxygen atoms in total. The average Bonchev–Trinajstić information content (AvgIpc) is 2.63. The minimum atomic E-state index is -3.25. The van der Waals surface area contributed by atoms with Crippen molar-refractivity contribution in [1.29, 1.82) is 0 Å². The molecule has 6 heteroatoms. The van der Waals surface area contributed by atoms with E-state index < -0.39 is 6.11 Å². The summed E-state index contributed by atoms with van der Waals surface area (Å²) in [6, 6.07) is 9.54. The Hall–Kier alpha value is -2.50. The maximum absolute atomic E-state index is 12.9. The summed E-state index contributed by atoms with van der Waals surface area (Å²) < 4.78 is 35.9. The van der Waals surface area contributed by atoms with Crippen molar-refractivity contribution in [3.63, 3.8) is 0 Å². The van der Waals surface area contributed by atoms with Gasteiger partial charge in [0, 0.05) is 31.2 Å². The lowest BCUT2D eigenvalue weighted by molar-refractivity contribution is -0.159. The Labute approximate surface area is 158 Å². The van der Waals surface area contributed by atoms with Gasteiger partial charge in [-0.25, -0.2) is 0 Å². The summed E-state index contributed by atoms with van der Waals surface area (Å²) in [7, 11) is 0. The summed E-state index contributed by atoms with van der Waals surface area (Å²) in [5.74, 6) is 0.993. The van der Waals surface area contributed by atoms with E-state index in [2.05, 4.69) is 23.6 Å². The number of pyridine rings is 1. The van der Waals surface area contributed by atoms with Crippen LogP contribution in [0.3, 0.4) is 0 Å². The van der Waals surface area contributed by atoms with Gasteiger partial charge in [-0.1, -0.05) is 32.4 Å². The van der Waals surface area contributed by atoms with Gasteiger partial charge >= 0.3 is 6.11 Å². The van der Waals surface area contributed by atoms with E-state index in [9.17, 15) is 13.6 Å². The molecule has 0 N–H and O–H groups in total. The monoisotopic (exact) mass is 377 g/mol. The number of rotatable bonds is 10. The number of ketones is 1. The molecular formula is C21H25F2NO3. The highest BCUT2D eigenvalue weighted by Gasteiger charge is 2.23. The van der Waals surface area contributed by atoms with E-state index in [1.807, 2.05) is 0 Å². The van der Waals surface area contributed by atoms with Crippen LogP contribution in [0, 0.1) is 5.92 Å². The van der Waals surface area contributed by atoms with E-state index in [-0.39, 0.29) is 18.1 Å². The molecule has 0 radical (unpaired) electrons. The standard InChI is InChI=1S/C21H25F2NO3/c1-4-15(2)8-11-20(25)19-10-9-16(13-24-19)14-26-17-6-5-7-18(12-17)27-21(3,22)23/h5-7,9-10,12-13,15H,4,8,11,14H2,1-3H3. The largest absolute Gasteiger partial charge is 0.489 e. The number of carbonyl (C=O) groups is 1. The van der Waals surface area contributed by atoms with E-state index in [1.54, 1.807) is 30.5 Å². The third-order valence-corrected chi connectivity index (χ3v) is 4.18. The van der Waals surface area contributed by atoms with Crippen LogP contribution in [0.4, 0.5) is 8.78 Å². The highest BCUT2D eigenvalue weighted by Crippen LogP contribution is 2.25. The van der Waals surface area contributed by atoms with Crippen LogP contribution in [0.2, 0.25) is 0 Å². The van der Waals surface area contributed by atoms with E-state index in [0.29, 0.717) is 30.7 Å². The summed E-state index contributed by atoms with van der Waals surface area (Å²) >= 11 is 0. The van der Waals surface area contributed by atoms with Gasteiger partial charge in [0.15, 0.2) is 5.78 Å². The fourth-order valence-electron chi connectivity index (χ4n) is 2.39. The lowest BCUT2D eigenvalue weighted by Crippen LogP contribution is -2.19. The van der Waals surface area contributed by atoms with Crippen LogP contribution >= 0.6 is 0 Å². The summed E-state index contributed by atoms with van der Waals surface area (Å²) in [6.07, 6.45) is 0.750. The Morgan fingerprint density at radius 2 is 1.96 bits per heavy atom. The van der Waals surface area contributed by atoms with Gasteiger partial charge in [0.05, 0.1) is 0 Å². The molecule has 0 saturated heterocycles. The number of nitrogens with zero attached hydrogens (tertiary/aromatic N) is 1. The van der Waals surface area contributed by atoms with Crippen molar-refractivity contribution < 1.29 is 23.0 Å². The molecule has 146 valence electrons. The molecule has 2 aromatic rings. The number of hydrogen-bond donors (Lipinski definition) is 0. The van der Waals surface area contributed by atoms with Crippen molar-refractivity contribution >= 4 is 5.78 Å². The Morgan fingerprint density at radius 3 is 2.59 bits per heavy atom. The number of aromatic nitrogens is 1. The average molecular weight is 377 g/mol. The molecule has 1 unspecified atom stereocenters. The van der Waals surface area contributed by atoms with Crippen LogP contribution in [0.5, 0.6) is 11.5 Å². The van der Waals surface area contributed by atoms with Crippen LogP contribution < -0.4 is 9.47 Å². The second kappa shape index (κ2) is 9.44. The lowest BCUT2D eigenvalue weighted by Gasteiger charge is -2.14. The summed E-state index contributed by atoms with van der Waals surface area (Å²) in [4.78, 5) is 16.3. The fraction of sp³-hybridized carbons (Fsp3) is 0.429. The predicted octanol–water partition coefficient (Wildman–Crippen LogP) is 5.66. The number of hydrogen-bond acceptors (Lipinski definition) is 4. The SMILES string of the molecule is CCC(C)CCC(=O)c1ccc(COc2cccc(OC(C)(F)F)c2)cn1. The highest BCUT2D eigenvalue weighted by atomic mass is 19.3. The minimum Gasteiger partial charge on any atom is -0.489 e. The van der Waals surface area contributed by atoms with E-state index >= 15 is 0 Å². The zero-order chi connectivity index (χ0) is 19.9. The molecule has 2 rings (SSSR count). The predicted molar refractivity (Wildman–Crippen MR) is 99.3 cm³/mol. The van der Waals surface area contributed by atoms with Crippen molar-refractivity contribution in [2.75, 3.05) is 0 Å². The number of halogens is 2. The first-order valence-electron chi connectivity index (χ1n) is 9.04. The third kappa shape index (κ3) is 7.33. The fourth-order valence-corrected chi connectivity index (χ4v) is 2.39. The molecule has 1 atom stereocenters. The van der Waals surface area contributed by atoms with Crippen molar-refractivity contribution in [2.45, 2.75) is 52.7 Å². The molecule has 0 spiro atoms. The molecular weight excluding hydrogens is 352 g/mol. The quantitative estimate of drug-likeness (QED) is 0.501. The van der Waals surface area contributed by atoms with E-state index in [4.69, 9.17) is 4.74 Å². The molecule has 27 heavy (non-hydrogen) atoms. The first-order chi connectivity index (χ1) is 12.8. The lowest BCUT2D eigenvalue weighted by atomic mass is 10.00. The van der Waals surface area contributed by atoms with E-state index in [0.717, 1.165) is 18.4 Å². The van der Waals surface area contributed by atoms with Crippen LogP contribution in [0.25, 0.3) is 0 Å². The molecule has 0 bridgehead atoms. The molecule has 0 aliphatic rings. The first-order valence-corrected chi connectivity index (χ1v) is 9.04. The topological polar surface area (TPSA) is 48.4 Å². The van der Waals surface area contributed by atoms with Gasteiger partial charge in [0.1, 0.15) is 23.8 Å². The zero-order valence-corrected chi connectivity index (χ0v) is 15.9. The first kappa shape index (κ1) is 20.8. The van der Waals surface area contributed by atoms with Gasteiger partial charge in [-0.05, 0) is 30.5 Å². The van der Waals surface area contributed by atoms with Crippen LogP contribution in [0.15, 0.2) is 42.6 Å². The number of Topliss-reactive ketones (excluding diaryl/α,β-unsaturated/α-hetero) is 1. The number of alkyl halides is 2. The third-order valence-electron chi connectivity index (χ3n) is 4.18.